The molecule has 3 N–H and O–H groups in total. The standard InChI is InChI=1S/C28H35N3O4.ClH/c1-3-5-15-31(16-6-4-2)19-21-7-9-26-18-22(8-10-25(26)17-21)20-35-30-28(33)24-13-11-23(12-14-24)27(32)29-34;/h7-14,17-18,34H,3-6,15-16,19-20H2,1-2H3,(H,29,32)(H,30,33);1H. The minimum absolute atomic E-state index is 0. The predicted molar refractivity (Wildman–Crippen MR) is 144 cm³/mol. The molecule has 2 amide bonds. The van der Waals surface area contributed by atoms with Crippen LogP contribution in [-0.4, -0.2) is 35.0 Å². The van der Waals surface area contributed by atoms with E-state index in [0.717, 1.165) is 30.6 Å². The molecular weight excluding hydrogens is 478 g/mol. The number of rotatable bonds is 13. The van der Waals surface area contributed by atoms with Gasteiger partial charge in [-0.05, 0) is 84.2 Å². The fraction of sp³-hybridized carbons (Fsp3) is 0.357. The Balaban J connectivity index is 0.00000456. The van der Waals surface area contributed by atoms with E-state index in [-0.39, 0.29) is 24.6 Å². The molecule has 0 saturated heterocycles. The van der Waals surface area contributed by atoms with Crippen LogP contribution in [0, 0.1) is 0 Å². The molecular formula is C28H36ClN3O4. The number of unbranched alkanes of at least 4 members (excludes halogenated alkanes) is 2. The monoisotopic (exact) mass is 513 g/mol. The molecule has 0 radical (unpaired) electrons. The summed E-state index contributed by atoms with van der Waals surface area (Å²) in [7, 11) is 0. The number of carbonyl (C=O) groups excluding carboxylic acids is 2. The SMILES string of the molecule is CCCCN(CCCC)Cc1ccc2cc(CONC(=O)c3ccc(C(=O)NO)cc3)ccc2c1.Cl. The molecule has 0 bridgehead atoms. The number of halogens is 1. The van der Waals surface area contributed by atoms with Crippen LogP contribution in [0.15, 0.2) is 60.7 Å². The minimum atomic E-state index is -0.637. The van der Waals surface area contributed by atoms with Crippen molar-refractivity contribution in [3.63, 3.8) is 0 Å². The number of hydrogen-bond donors (Lipinski definition) is 3. The first-order valence-electron chi connectivity index (χ1n) is 12.2. The van der Waals surface area contributed by atoms with E-state index in [9.17, 15) is 9.59 Å². The van der Waals surface area contributed by atoms with Crippen LogP contribution < -0.4 is 11.0 Å². The van der Waals surface area contributed by atoms with Crippen molar-refractivity contribution in [2.45, 2.75) is 52.7 Å². The van der Waals surface area contributed by atoms with Gasteiger partial charge in [-0.2, -0.15) is 0 Å². The second-order valence-electron chi connectivity index (χ2n) is 8.74. The number of hydrogen-bond acceptors (Lipinski definition) is 5. The summed E-state index contributed by atoms with van der Waals surface area (Å²) in [4.78, 5) is 31.6. The van der Waals surface area contributed by atoms with Gasteiger partial charge in [-0.3, -0.25) is 24.5 Å². The van der Waals surface area contributed by atoms with Gasteiger partial charge in [0, 0.05) is 17.7 Å². The highest BCUT2D eigenvalue weighted by Crippen LogP contribution is 2.20. The zero-order valence-electron chi connectivity index (χ0n) is 21.0. The molecule has 0 aliphatic heterocycles. The number of amides is 2. The van der Waals surface area contributed by atoms with Crippen LogP contribution >= 0.6 is 12.4 Å². The summed E-state index contributed by atoms with van der Waals surface area (Å²) in [6.07, 6.45) is 4.87. The van der Waals surface area contributed by atoms with Crippen LogP contribution in [0.25, 0.3) is 10.8 Å². The van der Waals surface area contributed by atoms with Crippen molar-refractivity contribution >= 4 is 35.0 Å². The van der Waals surface area contributed by atoms with E-state index >= 15 is 0 Å². The molecule has 0 saturated carbocycles. The Morgan fingerprint density at radius 2 is 1.33 bits per heavy atom. The molecule has 3 aromatic carbocycles. The Labute approximate surface area is 219 Å². The van der Waals surface area contributed by atoms with Crippen molar-refractivity contribution < 1.29 is 19.6 Å². The first-order valence-corrected chi connectivity index (χ1v) is 12.2. The lowest BCUT2D eigenvalue weighted by Gasteiger charge is -2.22. The summed E-state index contributed by atoms with van der Waals surface area (Å²) < 4.78 is 0. The van der Waals surface area contributed by atoms with Crippen molar-refractivity contribution in [2.75, 3.05) is 13.1 Å². The summed E-state index contributed by atoms with van der Waals surface area (Å²) in [6.45, 7) is 7.95. The Kier molecular flexibility index (Phi) is 12.4. The van der Waals surface area contributed by atoms with Crippen molar-refractivity contribution in [2.24, 2.45) is 0 Å². The normalized spacial score (nSPS) is 10.8. The van der Waals surface area contributed by atoms with Crippen LogP contribution in [0.4, 0.5) is 0 Å². The minimum Gasteiger partial charge on any atom is -0.299 e. The quantitative estimate of drug-likeness (QED) is 0.203. The zero-order chi connectivity index (χ0) is 25.0. The summed E-state index contributed by atoms with van der Waals surface area (Å²) in [6, 6.07) is 18.6. The lowest BCUT2D eigenvalue weighted by atomic mass is 10.0. The van der Waals surface area contributed by atoms with Gasteiger partial charge in [-0.15, -0.1) is 12.4 Å². The molecule has 0 aromatic heterocycles. The van der Waals surface area contributed by atoms with Crippen LogP contribution in [0.5, 0.6) is 0 Å². The molecule has 0 heterocycles. The molecule has 36 heavy (non-hydrogen) atoms. The Morgan fingerprint density at radius 1 is 0.806 bits per heavy atom. The molecule has 3 aromatic rings. The third-order valence-corrected chi connectivity index (χ3v) is 5.95. The summed E-state index contributed by atoms with van der Waals surface area (Å²) in [5, 5.41) is 11.0. The smallest absolute Gasteiger partial charge is 0.274 e. The molecule has 0 unspecified atom stereocenters. The molecule has 0 aliphatic carbocycles. The Bertz CT molecular complexity index is 1110. The van der Waals surface area contributed by atoms with E-state index in [0.29, 0.717) is 5.56 Å². The van der Waals surface area contributed by atoms with E-state index in [4.69, 9.17) is 10.0 Å². The largest absolute Gasteiger partial charge is 0.299 e. The highest BCUT2D eigenvalue weighted by atomic mass is 35.5. The summed E-state index contributed by atoms with van der Waals surface area (Å²) in [5.74, 6) is -1.05. The molecule has 194 valence electrons. The van der Waals surface area contributed by atoms with Gasteiger partial charge in [0.2, 0.25) is 0 Å². The number of fused-ring (bicyclic) bond motifs is 1. The molecule has 7 nitrogen and oxygen atoms in total. The van der Waals surface area contributed by atoms with Gasteiger partial charge in [0.15, 0.2) is 0 Å². The van der Waals surface area contributed by atoms with Gasteiger partial charge in [0.25, 0.3) is 11.8 Å². The van der Waals surface area contributed by atoms with Crippen molar-refractivity contribution in [3.05, 3.63) is 82.9 Å². The molecule has 0 spiro atoms. The van der Waals surface area contributed by atoms with E-state index in [1.165, 1.54) is 60.9 Å². The lowest BCUT2D eigenvalue weighted by molar-refractivity contribution is 0.0234. The first kappa shape index (κ1) is 29.3. The van der Waals surface area contributed by atoms with Crippen molar-refractivity contribution in [1.29, 1.82) is 0 Å². The van der Waals surface area contributed by atoms with Gasteiger partial charge < -0.3 is 0 Å². The average molecular weight is 514 g/mol. The van der Waals surface area contributed by atoms with Gasteiger partial charge in [0.1, 0.15) is 0 Å². The fourth-order valence-corrected chi connectivity index (χ4v) is 3.91. The zero-order valence-corrected chi connectivity index (χ0v) is 21.8. The summed E-state index contributed by atoms with van der Waals surface area (Å²) >= 11 is 0. The van der Waals surface area contributed by atoms with Gasteiger partial charge in [-0.1, -0.05) is 51.0 Å². The Morgan fingerprint density at radius 3 is 1.89 bits per heavy atom. The number of benzene rings is 3. The maximum atomic E-state index is 12.3. The van der Waals surface area contributed by atoms with Crippen LogP contribution in [0.2, 0.25) is 0 Å². The third-order valence-electron chi connectivity index (χ3n) is 5.95. The van der Waals surface area contributed by atoms with Gasteiger partial charge in [0.05, 0.1) is 6.61 Å². The second kappa shape index (κ2) is 15.2. The van der Waals surface area contributed by atoms with E-state index in [1.54, 1.807) is 5.48 Å². The molecule has 0 atom stereocenters. The maximum absolute atomic E-state index is 12.3. The van der Waals surface area contributed by atoms with E-state index in [1.807, 2.05) is 6.07 Å². The topological polar surface area (TPSA) is 90.9 Å². The first-order chi connectivity index (χ1) is 17.0. The number of hydroxylamine groups is 2. The van der Waals surface area contributed by atoms with E-state index < -0.39 is 11.8 Å². The second-order valence-corrected chi connectivity index (χ2v) is 8.74. The third kappa shape index (κ3) is 8.60. The number of carbonyl (C=O) groups is 2. The lowest BCUT2D eigenvalue weighted by Crippen LogP contribution is -2.25. The Hall–Kier alpha value is -2.97. The van der Waals surface area contributed by atoms with Gasteiger partial charge >= 0.3 is 0 Å². The van der Waals surface area contributed by atoms with Crippen molar-refractivity contribution in [3.8, 4) is 0 Å². The molecule has 3 rings (SSSR count). The van der Waals surface area contributed by atoms with Crippen LogP contribution in [-0.2, 0) is 18.0 Å². The molecule has 8 heteroatoms. The van der Waals surface area contributed by atoms with Crippen molar-refractivity contribution in [1.82, 2.24) is 15.9 Å². The van der Waals surface area contributed by atoms with Gasteiger partial charge in [-0.25, -0.2) is 11.0 Å². The molecule has 0 fully saturated rings. The maximum Gasteiger partial charge on any atom is 0.274 e. The van der Waals surface area contributed by atoms with Crippen LogP contribution in [0.3, 0.4) is 0 Å². The average Bonchev–Trinajstić information content (AvgIpc) is 2.89. The fourth-order valence-electron chi connectivity index (χ4n) is 3.91. The molecule has 0 aliphatic rings. The number of nitrogens with one attached hydrogen (secondary N) is 2. The predicted octanol–water partition coefficient (Wildman–Crippen LogP) is 5.64. The highest BCUT2D eigenvalue weighted by Gasteiger charge is 2.09. The summed E-state index contributed by atoms with van der Waals surface area (Å²) in [5.41, 5.74) is 6.85. The van der Waals surface area contributed by atoms with Crippen LogP contribution in [0.1, 0.15) is 71.4 Å². The van der Waals surface area contributed by atoms with E-state index in [2.05, 4.69) is 54.6 Å². The number of nitrogens with zero attached hydrogens (tertiary/aromatic N) is 1. The highest BCUT2D eigenvalue weighted by molar-refractivity contribution is 5.97.